The van der Waals surface area contributed by atoms with Gasteiger partial charge < -0.3 is 11.5 Å². The number of aliphatic imine (C=N–C) groups is 2. The molecule has 0 aromatic heterocycles. The first kappa shape index (κ1) is 19.8. The first-order valence-corrected chi connectivity index (χ1v) is 8.57. The number of anilines is 1. The van der Waals surface area contributed by atoms with Gasteiger partial charge in [-0.3, -0.25) is 4.90 Å². The minimum atomic E-state index is -0.580. The molecule has 6 heteroatoms. The summed E-state index contributed by atoms with van der Waals surface area (Å²) in [6.45, 7) is 6.15. The van der Waals surface area contributed by atoms with Crippen LogP contribution in [0.25, 0.3) is 0 Å². The quantitative estimate of drug-likeness (QED) is 0.856. The lowest BCUT2D eigenvalue weighted by molar-refractivity contribution is 0.533. The molecule has 1 atom stereocenters. The van der Waals surface area contributed by atoms with Crippen LogP contribution in [-0.2, 0) is 0 Å². The third kappa shape index (κ3) is 3.83. The summed E-state index contributed by atoms with van der Waals surface area (Å²) < 4.78 is 0. The van der Waals surface area contributed by atoms with Gasteiger partial charge in [-0.05, 0) is 43.5 Å². The Hall–Kier alpha value is -2.53. The van der Waals surface area contributed by atoms with E-state index in [1.807, 2.05) is 30.9 Å². The molecule has 2 aromatic carbocycles. The standard InChI is InChI=1S/C20H25N5.ClH/c1-4-17(14-9-6-5-7-10-14)15-11-8-12-16(13-15)25-19(22)23-18(21)24-20(25,2)3;/h5-13,17H,4H2,1-3H3,(H4,21,22,23,24);1H. The largest absolute Gasteiger partial charge is 0.369 e. The van der Waals surface area contributed by atoms with E-state index in [1.54, 1.807) is 0 Å². The van der Waals surface area contributed by atoms with Gasteiger partial charge in [0.2, 0.25) is 11.9 Å². The van der Waals surface area contributed by atoms with Crippen molar-refractivity contribution >= 4 is 30.0 Å². The molecule has 1 unspecified atom stereocenters. The second-order valence-electron chi connectivity index (χ2n) is 6.74. The number of nitrogens with two attached hydrogens (primary N) is 2. The van der Waals surface area contributed by atoms with Gasteiger partial charge in [0.25, 0.3) is 0 Å². The van der Waals surface area contributed by atoms with Crippen LogP contribution in [-0.4, -0.2) is 17.6 Å². The van der Waals surface area contributed by atoms with Gasteiger partial charge in [0, 0.05) is 11.6 Å². The molecule has 1 heterocycles. The van der Waals surface area contributed by atoms with Crippen LogP contribution in [0.5, 0.6) is 0 Å². The molecule has 0 saturated carbocycles. The summed E-state index contributed by atoms with van der Waals surface area (Å²) in [6, 6.07) is 19.0. The fourth-order valence-corrected chi connectivity index (χ4v) is 3.48. The van der Waals surface area contributed by atoms with E-state index in [-0.39, 0.29) is 18.4 Å². The highest BCUT2D eigenvalue weighted by atomic mass is 35.5. The molecule has 0 amide bonds. The molecule has 0 saturated heterocycles. The normalized spacial score (nSPS) is 17.0. The van der Waals surface area contributed by atoms with Crippen molar-refractivity contribution in [3.63, 3.8) is 0 Å². The zero-order chi connectivity index (χ0) is 18.0. The fourth-order valence-electron chi connectivity index (χ4n) is 3.48. The van der Waals surface area contributed by atoms with E-state index >= 15 is 0 Å². The topological polar surface area (TPSA) is 80.0 Å². The smallest absolute Gasteiger partial charge is 0.220 e. The Morgan fingerprint density at radius 2 is 1.65 bits per heavy atom. The molecular weight excluding hydrogens is 346 g/mol. The van der Waals surface area contributed by atoms with E-state index in [1.165, 1.54) is 11.1 Å². The average Bonchev–Trinajstić information content (AvgIpc) is 2.55. The molecule has 3 rings (SSSR count). The maximum atomic E-state index is 6.16. The van der Waals surface area contributed by atoms with Crippen molar-refractivity contribution in [2.75, 3.05) is 4.90 Å². The minimum Gasteiger partial charge on any atom is -0.369 e. The number of rotatable bonds is 4. The van der Waals surface area contributed by atoms with Gasteiger partial charge in [-0.1, -0.05) is 49.4 Å². The Bertz CT molecular complexity index is 814. The molecule has 5 nitrogen and oxygen atoms in total. The molecule has 1 aliphatic heterocycles. The van der Waals surface area contributed by atoms with Crippen molar-refractivity contribution in [3.05, 3.63) is 65.7 Å². The molecule has 0 bridgehead atoms. The molecule has 138 valence electrons. The minimum absolute atomic E-state index is 0. The molecule has 0 aliphatic carbocycles. The molecule has 2 aromatic rings. The van der Waals surface area contributed by atoms with Gasteiger partial charge in [-0.25, -0.2) is 4.99 Å². The summed E-state index contributed by atoms with van der Waals surface area (Å²) in [5, 5.41) is 0. The van der Waals surface area contributed by atoms with E-state index < -0.39 is 5.66 Å². The summed E-state index contributed by atoms with van der Waals surface area (Å²) in [7, 11) is 0. The third-order valence-corrected chi connectivity index (χ3v) is 4.53. The highest BCUT2D eigenvalue weighted by Crippen LogP contribution is 2.33. The molecule has 1 aliphatic rings. The van der Waals surface area contributed by atoms with Crippen molar-refractivity contribution in [2.24, 2.45) is 21.5 Å². The Labute approximate surface area is 161 Å². The first-order chi connectivity index (χ1) is 11.9. The second-order valence-corrected chi connectivity index (χ2v) is 6.74. The van der Waals surface area contributed by atoms with Crippen LogP contribution in [0.2, 0.25) is 0 Å². The van der Waals surface area contributed by atoms with Crippen molar-refractivity contribution in [2.45, 2.75) is 38.8 Å². The van der Waals surface area contributed by atoms with Crippen molar-refractivity contribution in [1.29, 1.82) is 0 Å². The predicted molar refractivity (Wildman–Crippen MR) is 112 cm³/mol. The predicted octanol–water partition coefficient (Wildman–Crippen LogP) is 3.84. The monoisotopic (exact) mass is 371 g/mol. The zero-order valence-corrected chi connectivity index (χ0v) is 16.2. The summed E-state index contributed by atoms with van der Waals surface area (Å²) in [4.78, 5) is 10.5. The Morgan fingerprint density at radius 3 is 2.27 bits per heavy atom. The zero-order valence-electron chi connectivity index (χ0n) is 15.4. The Kier molecular flexibility index (Phi) is 5.93. The highest BCUT2D eigenvalue weighted by molar-refractivity contribution is 6.05. The van der Waals surface area contributed by atoms with Gasteiger partial charge in [0.15, 0.2) is 0 Å². The second kappa shape index (κ2) is 7.79. The number of hydrogen-bond acceptors (Lipinski definition) is 5. The van der Waals surface area contributed by atoms with Crippen LogP contribution in [0.15, 0.2) is 64.6 Å². The lowest BCUT2D eigenvalue weighted by Crippen LogP contribution is -2.54. The number of benzene rings is 2. The lowest BCUT2D eigenvalue weighted by Gasteiger charge is -2.38. The molecule has 26 heavy (non-hydrogen) atoms. The number of nitrogens with zero attached hydrogens (tertiary/aromatic N) is 3. The van der Waals surface area contributed by atoms with E-state index in [4.69, 9.17) is 11.5 Å². The molecule has 0 fully saturated rings. The van der Waals surface area contributed by atoms with Crippen LogP contribution in [0.1, 0.15) is 44.2 Å². The van der Waals surface area contributed by atoms with Gasteiger partial charge >= 0.3 is 0 Å². The fraction of sp³-hybridized carbons (Fsp3) is 0.300. The Morgan fingerprint density at radius 1 is 1.00 bits per heavy atom. The van der Waals surface area contributed by atoms with E-state index in [0.29, 0.717) is 11.9 Å². The molecule has 0 radical (unpaired) electrons. The van der Waals surface area contributed by atoms with Gasteiger partial charge in [0.05, 0.1) is 0 Å². The van der Waals surface area contributed by atoms with E-state index in [9.17, 15) is 0 Å². The lowest BCUT2D eigenvalue weighted by atomic mass is 9.89. The van der Waals surface area contributed by atoms with Crippen molar-refractivity contribution < 1.29 is 0 Å². The van der Waals surface area contributed by atoms with Crippen LogP contribution in [0.4, 0.5) is 5.69 Å². The average molecular weight is 372 g/mol. The van der Waals surface area contributed by atoms with Gasteiger partial charge in [-0.2, -0.15) is 4.99 Å². The van der Waals surface area contributed by atoms with Crippen LogP contribution < -0.4 is 16.4 Å². The number of hydrogen-bond donors (Lipinski definition) is 2. The highest BCUT2D eigenvalue weighted by Gasteiger charge is 2.33. The summed E-state index contributed by atoms with van der Waals surface area (Å²) in [5.41, 5.74) is 14.9. The molecule has 4 N–H and O–H groups in total. The maximum absolute atomic E-state index is 6.16. The van der Waals surface area contributed by atoms with Crippen molar-refractivity contribution in [3.8, 4) is 0 Å². The Balaban J connectivity index is 0.00000243. The molecular formula is C20H26ClN5. The molecule has 0 spiro atoms. The summed E-state index contributed by atoms with van der Waals surface area (Å²) in [5.74, 6) is 0.911. The summed E-state index contributed by atoms with van der Waals surface area (Å²) in [6.07, 6.45) is 1.02. The van der Waals surface area contributed by atoms with E-state index in [2.05, 4.69) is 59.4 Å². The third-order valence-electron chi connectivity index (χ3n) is 4.53. The van der Waals surface area contributed by atoms with Crippen LogP contribution in [0, 0.1) is 0 Å². The van der Waals surface area contributed by atoms with Crippen LogP contribution in [0.3, 0.4) is 0 Å². The summed E-state index contributed by atoms with van der Waals surface area (Å²) >= 11 is 0. The number of guanidine groups is 2. The maximum Gasteiger partial charge on any atom is 0.220 e. The first-order valence-electron chi connectivity index (χ1n) is 8.57. The SMILES string of the molecule is CCC(c1ccccc1)c1cccc(N2C(N)=NC(N)=NC2(C)C)c1.Cl. The van der Waals surface area contributed by atoms with Crippen molar-refractivity contribution in [1.82, 2.24) is 0 Å². The number of halogens is 1. The van der Waals surface area contributed by atoms with Gasteiger partial charge in [0.1, 0.15) is 5.66 Å². The van der Waals surface area contributed by atoms with E-state index in [0.717, 1.165) is 12.1 Å². The van der Waals surface area contributed by atoms with Crippen LogP contribution >= 0.6 is 12.4 Å². The van der Waals surface area contributed by atoms with Gasteiger partial charge in [-0.15, -0.1) is 12.4 Å².